The number of ketones is 2. The number of esters is 1. The van der Waals surface area contributed by atoms with Crippen molar-refractivity contribution in [3.63, 3.8) is 0 Å². The minimum absolute atomic E-state index is 0.184. The Bertz CT molecular complexity index is 643. The van der Waals surface area contributed by atoms with Gasteiger partial charge in [-0.05, 0) is 16.8 Å². The monoisotopic (exact) mass is 242 g/mol. The van der Waals surface area contributed by atoms with E-state index in [1.165, 1.54) is 6.07 Å². The second-order valence-corrected chi connectivity index (χ2v) is 3.71. The van der Waals surface area contributed by atoms with Crippen LogP contribution < -0.4 is 0 Å². The predicted octanol–water partition coefficient (Wildman–Crippen LogP) is 1.76. The minimum atomic E-state index is -1.16. The lowest BCUT2D eigenvalue weighted by Gasteiger charge is -2.01. The maximum Gasteiger partial charge on any atom is 0.383 e. The number of ether oxygens (including phenoxy) is 1. The van der Waals surface area contributed by atoms with Crippen molar-refractivity contribution in [1.82, 2.24) is 0 Å². The fourth-order valence-electron chi connectivity index (χ4n) is 1.65. The van der Waals surface area contributed by atoms with E-state index in [9.17, 15) is 14.4 Å². The largest absolute Gasteiger partial charge is 0.463 e. The smallest absolute Gasteiger partial charge is 0.383 e. The molecule has 0 bridgehead atoms. The van der Waals surface area contributed by atoms with E-state index < -0.39 is 17.5 Å². The van der Waals surface area contributed by atoms with E-state index in [0.717, 1.165) is 17.9 Å². The maximum absolute atomic E-state index is 11.7. The summed E-state index contributed by atoms with van der Waals surface area (Å²) in [6.07, 6.45) is 0. The molecule has 4 heteroatoms. The molecule has 0 heterocycles. The molecule has 0 aliphatic carbocycles. The SMILES string of the molecule is COC(=O)C(=O)C(=O)c1ccc2ccccc2c1. The number of benzene rings is 2. The van der Waals surface area contributed by atoms with E-state index in [1.807, 2.05) is 24.3 Å². The quantitative estimate of drug-likeness (QED) is 0.356. The van der Waals surface area contributed by atoms with Gasteiger partial charge in [-0.3, -0.25) is 9.59 Å². The molecule has 0 amide bonds. The lowest BCUT2D eigenvalue weighted by Crippen LogP contribution is -2.25. The van der Waals surface area contributed by atoms with Gasteiger partial charge in [-0.2, -0.15) is 0 Å². The number of hydrogen-bond donors (Lipinski definition) is 0. The zero-order chi connectivity index (χ0) is 13.1. The second-order valence-electron chi connectivity index (χ2n) is 3.71. The van der Waals surface area contributed by atoms with Crippen molar-refractivity contribution in [3.05, 3.63) is 48.0 Å². The Balaban J connectivity index is 2.39. The Labute approximate surface area is 103 Å². The number of carbonyl (C=O) groups excluding carboxylic acids is 3. The average molecular weight is 242 g/mol. The lowest BCUT2D eigenvalue weighted by atomic mass is 10.0. The Morgan fingerprint density at radius 3 is 2.28 bits per heavy atom. The molecule has 0 spiro atoms. The third-order valence-electron chi connectivity index (χ3n) is 2.59. The predicted molar refractivity (Wildman–Crippen MR) is 65.3 cm³/mol. The number of rotatable bonds is 3. The van der Waals surface area contributed by atoms with Gasteiger partial charge in [-0.1, -0.05) is 36.4 Å². The van der Waals surface area contributed by atoms with E-state index in [1.54, 1.807) is 12.1 Å². The molecule has 18 heavy (non-hydrogen) atoms. The molecule has 0 fully saturated rings. The summed E-state index contributed by atoms with van der Waals surface area (Å²) in [5.41, 5.74) is 0.184. The summed E-state index contributed by atoms with van der Waals surface area (Å²) in [4.78, 5) is 34.1. The Kier molecular flexibility index (Phi) is 3.19. The molecule has 0 radical (unpaired) electrons. The van der Waals surface area contributed by atoms with Gasteiger partial charge >= 0.3 is 11.8 Å². The van der Waals surface area contributed by atoms with Gasteiger partial charge in [0.2, 0.25) is 5.78 Å². The van der Waals surface area contributed by atoms with Crippen molar-refractivity contribution in [1.29, 1.82) is 0 Å². The molecular formula is C14H10O4. The average Bonchev–Trinajstić information content (AvgIpc) is 2.44. The first-order chi connectivity index (χ1) is 8.63. The highest BCUT2D eigenvalue weighted by atomic mass is 16.5. The van der Waals surface area contributed by atoms with Crippen LogP contribution in [0, 0.1) is 0 Å². The summed E-state index contributed by atoms with van der Waals surface area (Å²) < 4.78 is 4.23. The van der Waals surface area contributed by atoms with Gasteiger partial charge in [-0.25, -0.2) is 4.79 Å². The van der Waals surface area contributed by atoms with E-state index >= 15 is 0 Å². The second kappa shape index (κ2) is 4.79. The maximum atomic E-state index is 11.7. The normalized spacial score (nSPS) is 10.1. The van der Waals surface area contributed by atoms with Gasteiger partial charge in [0.15, 0.2) is 0 Å². The van der Waals surface area contributed by atoms with Crippen molar-refractivity contribution in [3.8, 4) is 0 Å². The molecule has 90 valence electrons. The van der Waals surface area contributed by atoms with Crippen molar-refractivity contribution in [2.45, 2.75) is 0 Å². The number of fused-ring (bicyclic) bond motifs is 1. The van der Waals surface area contributed by atoms with Gasteiger partial charge in [0.1, 0.15) is 0 Å². The Morgan fingerprint density at radius 2 is 1.61 bits per heavy atom. The van der Waals surface area contributed by atoms with Crippen molar-refractivity contribution < 1.29 is 19.1 Å². The van der Waals surface area contributed by atoms with Crippen LogP contribution in [0.1, 0.15) is 10.4 Å². The number of methoxy groups -OCH3 is 1. The molecule has 0 atom stereocenters. The molecule has 0 aromatic heterocycles. The summed E-state index contributed by atoms with van der Waals surface area (Å²) >= 11 is 0. The molecule has 0 saturated carbocycles. The van der Waals surface area contributed by atoms with Gasteiger partial charge < -0.3 is 4.74 Å². The Morgan fingerprint density at radius 1 is 0.944 bits per heavy atom. The summed E-state index contributed by atoms with van der Waals surface area (Å²) in [5.74, 6) is -3.16. The van der Waals surface area contributed by atoms with Gasteiger partial charge in [0.05, 0.1) is 7.11 Å². The molecule has 0 saturated heterocycles. The van der Waals surface area contributed by atoms with Crippen LogP contribution in [0.15, 0.2) is 42.5 Å². The lowest BCUT2D eigenvalue weighted by molar-refractivity contribution is -0.149. The van der Waals surface area contributed by atoms with E-state index in [4.69, 9.17) is 0 Å². The molecular weight excluding hydrogens is 232 g/mol. The van der Waals surface area contributed by atoms with Crippen LogP contribution >= 0.6 is 0 Å². The van der Waals surface area contributed by atoms with E-state index in [2.05, 4.69) is 4.74 Å². The molecule has 2 rings (SSSR count). The molecule has 2 aromatic carbocycles. The first-order valence-electron chi connectivity index (χ1n) is 5.29. The van der Waals surface area contributed by atoms with E-state index in [-0.39, 0.29) is 5.56 Å². The minimum Gasteiger partial charge on any atom is -0.463 e. The van der Waals surface area contributed by atoms with Crippen LogP contribution in [0.25, 0.3) is 10.8 Å². The highest BCUT2D eigenvalue weighted by Crippen LogP contribution is 2.16. The van der Waals surface area contributed by atoms with Gasteiger partial charge in [0.25, 0.3) is 0 Å². The van der Waals surface area contributed by atoms with Crippen LogP contribution in [0.4, 0.5) is 0 Å². The van der Waals surface area contributed by atoms with Crippen molar-refractivity contribution in [2.24, 2.45) is 0 Å². The van der Waals surface area contributed by atoms with Crippen molar-refractivity contribution in [2.75, 3.05) is 7.11 Å². The third-order valence-corrected chi connectivity index (χ3v) is 2.59. The fraction of sp³-hybridized carbons (Fsp3) is 0.0714. The highest BCUT2D eigenvalue weighted by Gasteiger charge is 2.24. The topological polar surface area (TPSA) is 60.4 Å². The first kappa shape index (κ1) is 12.0. The number of Topliss-reactive ketones (excluding diaryl/α,β-unsaturated/α-hetero) is 2. The third kappa shape index (κ3) is 2.13. The molecule has 0 aliphatic rings. The number of carbonyl (C=O) groups is 3. The van der Waals surface area contributed by atoms with Gasteiger partial charge in [-0.15, -0.1) is 0 Å². The molecule has 2 aromatic rings. The summed E-state index contributed by atoms with van der Waals surface area (Å²) in [6, 6.07) is 12.3. The zero-order valence-corrected chi connectivity index (χ0v) is 9.67. The fourth-order valence-corrected chi connectivity index (χ4v) is 1.65. The Hall–Kier alpha value is -2.49. The molecule has 4 nitrogen and oxygen atoms in total. The summed E-state index contributed by atoms with van der Waals surface area (Å²) in [6.45, 7) is 0. The first-order valence-corrected chi connectivity index (χ1v) is 5.29. The van der Waals surface area contributed by atoms with Gasteiger partial charge in [0, 0.05) is 5.56 Å². The van der Waals surface area contributed by atoms with Crippen LogP contribution in [0.3, 0.4) is 0 Å². The zero-order valence-electron chi connectivity index (χ0n) is 9.67. The summed E-state index contributed by atoms with van der Waals surface area (Å²) in [7, 11) is 1.06. The van der Waals surface area contributed by atoms with Crippen LogP contribution in [-0.4, -0.2) is 24.6 Å². The molecule has 0 unspecified atom stereocenters. The standard InChI is InChI=1S/C14H10O4/c1-18-14(17)13(16)12(15)11-7-6-9-4-2-3-5-10(9)8-11/h2-8H,1H3. The molecule has 0 aliphatic heterocycles. The van der Waals surface area contributed by atoms with Crippen LogP contribution in [0.2, 0.25) is 0 Å². The summed E-state index contributed by atoms with van der Waals surface area (Å²) in [5, 5.41) is 1.79. The molecule has 0 N–H and O–H groups in total. The number of hydrogen-bond acceptors (Lipinski definition) is 4. The highest BCUT2D eigenvalue weighted by molar-refractivity contribution is 6.65. The van der Waals surface area contributed by atoms with Crippen LogP contribution in [-0.2, 0) is 14.3 Å². The van der Waals surface area contributed by atoms with Crippen LogP contribution in [0.5, 0.6) is 0 Å². The van der Waals surface area contributed by atoms with E-state index in [0.29, 0.717) is 0 Å². The van der Waals surface area contributed by atoms with Crippen molar-refractivity contribution >= 4 is 28.3 Å².